The summed E-state index contributed by atoms with van der Waals surface area (Å²) in [6.45, 7) is 3.52. The van der Waals surface area contributed by atoms with Gasteiger partial charge in [0.15, 0.2) is 11.6 Å². The van der Waals surface area contributed by atoms with Crippen molar-refractivity contribution in [2.45, 2.75) is 19.4 Å². The highest BCUT2D eigenvalue weighted by Crippen LogP contribution is 2.25. The number of hydrogen-bond acceptors (Lipinski definition) is 4. The average molecular weight is 186 g/mol. The van der Waals surface area contributed by atoms with Crippen molar-refractivity contribution >= 4 is 11.6 Å². The maximum atomic E-state index is 11.5. The summed E-state index contributed by atoms with van der Waals surface area (Å²) >= 11 is 0. The monoisotopic (exact) mass is 186 g/mol. The highest BCUT2D eigenvalue weighted by molar-refractivity contribution is 6.07. The predicted molar refractivity (Wildman–Crippen MR) is 45.4 cm³/mol. The molecule has 1 aliphatic rings. The average Bonchev–Trinajstić information content (AvgIpc) is 2.28. The van der Waals surface area contributed by atoms with E-state index < -0.39 is 11.5 Å². The number of ketones is 2. The van der Waals surface area contributed by atoms with Crippen LogP contribution in [0.15, 0.2) is 0 Å². The van der Waals surface area contributed by atoms with Crippen molar-refractivity contribution in [1.82, 2.24) is 0 Å². The lowest BCUT2D eigenvalue weighted by molar-refractivity contribution is -0.135. The molecule has 0 aliphatic carbocycles. The van der Waals surface area contributed by atoms with Gasteiger partial charge < -0.3 is 9.47 Å². The molecule has 0 aromatic heterocycles. The number of methoxy groups -OCH3 is 1. The summed E-state index contributed by atoms with van der Waals surface area (Å²) in [5, 5.41) is 0. The minimum Gasteiger partial charge on any atom is -0.377 e. The lowest BCUT2D eigenvalue weighted by Crippen LogP contribution is -2.34. The Bertz CT molecular complexity index is 232. The second-order valence-corrected chi connectivity index (χ2v) is 3.64. The number of ether oxygens (including phenoxy) is 2. The first-order valence-corrected chi connectivity index (χ1v) is 4.19. The smallest absolute Gasteiger partial charge is 0.176 e. The third-order valence-electron chi connectivity index (χ3n) is 2.20. The molecule has 1 heterocycles. The Hall–Kier alpha value is -0.740. The summed E-state index contributed by atoms with van der Waals surface area (Å²) in [7, 11) is 1.43. The van der Waals surface area contributed by atoms with Gasteiger partial charge in [-0.15, -0.1) is 0 Å². The fourth-order valence-electron chi connectivity index (χ4n) is 1.34. The van der Waals surface area contributed by atoms with Crippen LogP contribution in [0.3, 0.4) is 0 Å². The van der Waals surface area contributed by atoms with Crippen molar-refractivity contribution in [3.8, 4) is 0 Å². The molecule has 0 aromatic rings. The van der Waals surface area contributed by atoms with Crippen LogP contribution in [0.2, 0.25) is 0 Å². The van der Waals surface area contributed by atoms with Crippen LogP contribution in [0.25, 0.3) is 0 Å². The highest BCUT2D eigenvalue weighted by Gasteiger charge is 2.44. The van der Waals surface area contributed by atoms with Crippen LogP contribution in [-0.4, -0.2) is 37.5 Å². The van der Waals surface area contributed by atoms with E-state index in [1.54, 1.807) is 13.8 Å². The molecule has 4 nitrogen and oxygen atoms in total. The summed E-state index contributed by atoms with van der Waals surface area (Å²) in [5.41, 5.74) is -0.811. The van der Waals surface area contributed by atoms with Crippen molar-refractivity contribution in [3.63, 3.8) is 0 Å². The van der Waals surface area contributed by atoms with Crippen LogP contribution in [0.4, 0.5) is 0 Å². The quantitative estimate of drug-likeness (QED) is 0.591. The van der Waals surface area contributed by atoms with Gasteiger partial charge in [-0.25, -0.2) is 0 Å². The second-order valence-electron chi connectivity index (χ2n) is 3.64. The molecule has 13 heavy (non-hydrogen) atoms. The topological polar surface area (TPSA) is 52.6 Å². The maximum absolute atomic E-state index is 11.5. The number of carbonyl (C=O) groups excluding carboxylic acids is 2. The van der Waals surface area contributed by atoms with Crippen molar-refractivity contribution in [1.29, 1.82) is 0 Å². The Kier molecular flexibility index (Phi) is 2.83. The Morgan fingerprint density at radius 2 is 2.31 bits per heavy atom. The number of rotatable bonds is 3. The second kappa shape index (κ2) is 3.55. The van der Waals surface area contributed by atoms with E-state index in [1.165, 1.54) is 7.11 Å². The maximum Gasteiger partial charge on any atom is 0.176 e. The van der Waals surface area contributed by atoms with Gasteiger partial charge in [0, 0.05) is 7.11 Å². The molecule has 0 spiro atoms. The lowest BCUT2D eigenvalue weighted by atomic mass is 9.93. The van der Waals surface area contributed by atoms with E-state index in [9.17, 15) is 9.59 Å². The first-order valence-electron chi connectivity index (χ1n) is 4.19. The van der Waals surface area contributed by atoms with E-state index in [1.807, 2.05) is 0 Å². The fourth-order valence-corrected chi connectivity index (χ4v) is 1.34. The lowest BCUT2D eigenvalue weighted by Gasteiger charge is -2.13. The molecule has 1 unspecified atom stereocenters. The van der Waals surface area contributed by atoms with Gasteiger partial charge in [0.25, 0.3) is 0 Å². The Morgan fingerprint density at radius 1 is 1.69 bits per heavy atom. The Balaban J connectivity index is 2.65. The largest absolute Gasteiger partial charge is 0.377 e. The van der Waals surface area contributed by atoms with Gasteiger partial charge in [0.1, 0.15) is 18.1 Å². The zero-order valence-corrected chi connectivity index (χ0v) is 8.12. The van der Waals surface area contributed by atoms with E-state index in [4.69, 9.17) is 4.74 Å². The standard InChI is InChI=1S/C9H14O4/c1-9(2)8(11)6(4-13-9)7(10)5-12-3/h6H,4-5H2,1-3H3. The van der Waals surface area contributed by atoms with E-state index in [0.717, 1.165) is 0 Å². The van der Waals surface area contributed by atoms with E-state index in [2.05, 4.69) is 4.74 Å². The van der Waals surface area contributed by atoms with Gasteiger partial charge >= 0.3 is 0 Å². The molecule has 0 radical (unpaired) electrons. The van der Waals surface area contributed by atoms with E-state index >= 15 is 0 Å². The van der Waals surface area contributed by atoms with E-state index in [-0.39, 0.29) is 24.8 Å². The molecular formula is C9H14O4. The van der Waals surface area contributed by atoms with Gasteiger partial charge in [-0.1, -0.05) is 0 Å². The SMILES string of the molecule is COCC(=O)C1COC(C)(C)C1=O. The molecule has 0 saturated carbocycles. The molecule has 0 aromatic carbocycles. The van der Waals surface area contributed by atoms with E-state index in [0.29, 0.717) is 0 Å². The summed E-state index contributed by atoms with van der Waals surface area (Å²) < 4.78 is 9.88. The molecule has 1 saturated heterocycles. The van der Waals surface area contributed by atoms with Crippen LogP contribution < -0.4 is 0 Å². The first-order chi connectivity index (χ1) is 5.99. The van der Waals surface area contributed by atoms with Gasteiger partial charge in [0.2, 0.25) is 0 Å². The van der Waals surface area contributed by atoms with Crippen molar-refractivity contribution in [2.75, 3.05) is 20.3 Å². The summed E-state index contributed by atoms with van der Waals surface area (Å²) in [4.78, 5) is 22.9. The zero-order chi connectivity index (χ0) is 10.1. The molecule has 0 bridgehead atoms. The zero-order valence-electron chi connectivity index (χ0n) is 8.12. The van der Waals surface area contributed by atoms with Crippen molar-refractivity contribution < 1.29 is 19.1 Å². The number of carbonyl (C=O) groups is 2. The molecule has 1 atom stereocenters. The normalized spacial score (nSPS) is 26.4. The minimum absolute atomic E-state index is 0.0180. The predicted octanol–water partition coefficient (Wildman–Crippen LogP) is 0.196. The first kappa shape index (κ1) is 10.3. The molecule has 1 aliphatic heterocycles. The molecule has 1 rings (SSSR count). The molecule has 74 valence electrons. The van der Waals surface area contributed by atoms with Gasteiger partial charge in [-0.3, -0.25) is 9.59 Å². The summed E-state index contributed by atoms with van der Waals surface area (Å²) in [6, 6.07) is 0. The number of Topliss-reactive ketones (excluding diaryl/α,β-unsaturated/α-hetero) is 2. The molecular weight excluding hydrogens is 172 g/mol. The van der Waals surface area contributed by atoms with Gasteiger partial charge in [0.05, 0.1) is 6.61 Å². The molecule has 1 fully saturated rings. The Morgan fingerprint density at radius 3 is 2.69 bits per heavy atom. The van der Waals surface area contributed by atoms with Gasteiger partial charge in [-0.05, 0) is 13.8 Å². The van der Waals surface area contributed by atoms with Gasteiger partial charge in [-0.2, -0.15) is 0 Å². The van der Waals surface area contributed by atoms with Crippen molar-refractivity contribution in [2.24, 2.45) is 5.92 Å². The Labute approximate surface area is 77.2 Å². The fraction of sp³-hybridized carbons (Fsp3) is 0.778. The summed E-state index contributed by atoms with van der Waals surface area (Å²) in [5.74, 6) is -0.970. The number of hydrogen-bond donors (Lipinski definition) is 0. The van der Waals surface area contributed by atoms with Crippen molar-refractivity contribution in [3.05, 3.63) is 0 Å². The highest BCUT2D eigenvalue weighted by atomic mass is 16.5. The van der Waals surface area contributed by atoms with Crippen LogP contribution in [0, 0.1) is 5.92 Å². The van der Waals surface area contributed by atoms with Crippen LogP contribution in [0.1, 0.15) is 13.8 Å². The molecule has 4 heteroatoms. The van der Waals surface area contributed by atoms with Crippen LogP contribution in [-0.2, 0) is 19.1 Å². The van der Waals surface area contributed by atoms with Crippen LogP contribution in [0.5, 0.6) is 0 Å². The third kappa shape index (κ3) is 1.95. The minimum atomic E-state index is -0.811. The summed E-state index contributed by atoms with van der Waals surface area (Å²) in [6.07, 6.45) is 0. The molecule has 0 amide bonds. The third-order valence-corrected chi connectivity index (χ3v) is 2.20. The molecule has 0 N–H and O–H groups in total. The van der Waals surface area contributed by atoms with Crippen LogP contribution >= 0.6 is 0 Å².